The Morgan fingerprint density at radius 3 is 2.71 bits per heavy atom. The molecule has 0 radical (unpaired) electrons. The van der Waals surface area contributed by atoms with Crippen LogP contribution in [0.1, 0.15) is 53.0 Å². The Labute approximate surface area is 257 Å². The Kier molecular flexibility index (Phi) is 9.17. The fourth-order valence-electron chi connectivity index (χ4n) is 5.45. The summed E-state index contributed by atoms with van der Waals surface area (Å²) in [6.07, 6.45) is 0.632. The lowest BCUT2D eigenvalue weighted by Crippen LogP contribution is -2.43. The maximum atomic E-state index is 12.4. The molecule has 1 fully saturated rings. The third kappa shape index (κ3) is 6.25. The average Bonchev–Trinajstić information content (AvgIpc) is 3.71. The summed E-state index contributed by atoms with van der Waals surface area (Å²) in [4.78, 5) is 49.0. The number of phenolic OH excluding ortho intramolecular Hbond substituents is 1. The van der Waals surface area contributed by atoms with E-state index in [0.29, 0.717) is 34.5 Å². The fraction of sp³-hybridized carbons (Fsp3) is 0.448. The molecule has 2 aliphatic rings. The molecule has 2 aromatic heterocycles. The van der Waals surface area contributed by atoms with E-state index in [-0.39, 0.29) is 55.6 Å². The monoisotopic (exact) mass is 625 g/mol. The number of cyclic esters (lactones) is 1. The lowest BCUT2D eigenvalue weighted by Gasteiger charge is -2.16. The van der Waals surface area contributed by atoms with Gasteiger partial charge in [-0.3, -0.25) is 14.2 Å². The van der Waals surface area contributed by atoms with Gasteiger partial charge in [-0.2, -0.15) is 0 Å². The maximum absolute atomic E-state index is 12.4. The highest BCUT2D eigenvalue weighted by molar-refractivity contribution is 5.98. The Morgan fingerprint density at radius 2 is 1.96 bits per heavy atom. The van der Waals surface area contributed by atoms with Crippen LogP contribution in [-0.4, -0.2) is 91.1 Å². The Hall–Kier alpha value is -4.80. The van der Waals surface area contributed by atoms with Gasteiger partial charge in [0.25, 0.3) is 0 Å². The molecule has 16 nitrogen and oxygen atoms in total. The highest BCUT2D eigenvalue weighted by Crippen LogP contribution is 2.42. The molecule has 0 saturated carbocycles. The van der Waals surface area contributed by atoms with E-state index < -0.39 is 36.4 Å². The number of nitrogen functional groups attached to an aromatic ring is 1. The Bertz CT molecular complexity index is 1670. The number of allylic oxidation sites excluding steroid dienone is 2. The first-order chi connectivity index (χ1) is 21.5. The smallest absolute Gasteiger partial charge is 0.342 e. The number of benzene rings is 1. The number of nitrogens with zero attached hydrogens (tertiary/aromatic N) is 4. The van der Waals surface area contributed by atoms with Crippen molar-refractivity contribution >= 4 is 34.8 Å². The van der Waals surface area contributed by atoms with Crippen molar-refractivity contribution in [2.24, 2.45) is 0 Å². The summed E-state index contributed by atoms with van der Waals surface area (Å²) in [6, 6.07) is 0. The summed E-state index contributed by atoms with van der Waals surface area (Å²) in [7, 11) is 1.49. The van der Waals surface area contributed by atoms with Crippen molar-refractivity contribution in [3.63, 3.8) is 0 Å². The van der Waals surface area contributed by atoms with Crippen LogP contribution in [0.3, 0.4) is 0 Å². The van der Waals surface area contributed by atoms with Gasteiger partial charge in [0.15, 0.2) is 17.7 Å². The summed E-state index contributed by atoms with van der Waals surface area (Å²) in [5, 5.41) is 37.0. The Balaban J connectivity index is 1.08. The van der Waals surface area contributed by atoms with Crippen molar-refractivity contribution in [2.75, 3.05) is 25.9 Å². The van der Waals surface area contributed by atoms with E-state index in [1.165, 1.54) is 24.3 Å². The lowest BCUT2D eigenvalue weighted by molar-refractivity contribution is -0.126. The molecule has 2 amide bonds. The molecule has 7 N–H and O–H groups in total. The molecule has 4 heterocycles. The second-order valence-corrected chi connectivity index (χ2v) is 10.9. The van der Waals surface area contributed by atoms with Crippen LogP contribution < -0.4 is 21.1 Å². The van der Waals surface area contributed by atoms with E-state index in [0.717, 1.165) is 11.1 Å². The molecule has 0 unspecified atom stereocenters. The van der Waals surface area contributed by atoms with Crippen molar-refractivity contribution in [3.05, 3.63) is 46.6 Å². The summed E-state index contributed by atoms with van der Waals surface area (Å²) in [5.41, 5.74) is 9.26. The van der Waals surface area contributed by atoms with Crippen LogP contribution in [-0.2, 0) is 32.1 Å². The molecule has 1 aromatic carbocycles. The highest BCUT2D eigenvalue weighted by Gasteiger charge is 2.44. The third-order valence-electron chi connectivity index (χ3n) is 7.99. The largest absolute Gasteiger partial charge is 0.507 e. The van der Waals surface area contributed by atoms with E-state index >= 15 is 0 Å². The molecular weight excluding hydrogens is 590 g/mol. The number of fused-ring (bicyclic) bond motifs is 2. The highest BCUT2D eigenvalue weighted by atomic mass is 16.6. The molecular formula is C29H35N7O9. The van der Waals surface area contributed by atoms with Crippen molar-refractivity contribution in [2.45, 2.75) is 64.3 Å². The van der Waals surface area contributed by atoms with Gasteiger partial charge in [0.05, 0.1) is 20.0 Å². The second-order valence-electron chi connectivity index (χ2n) is 10.9. The van der Waals surface area contributed by atoms with Crippen molar-refractivity contribution in [3.8, 4) is 11.5 Å². The average molecular weight is 626 g/mol. The molecule has 0 aliphatic carbocycles. The SMILES string of the molecule is COc1c(C)c2c(c(O)c1C/C=C(\C)CCC(=O)NCC(=O)NC[C@H]1O[C@@H](n3cnc4c(N)ncnc43)[C@H](O)[C@@H]1O)C(=O)OC2. The molecule has 4 atom stereocenters. The molecule has 3 aromatic rings. The van der Waals surface area contributed by atoms with Crippen LogP contribution in [0.2, 0.25) is 0 Å². The number of amides is 2. The molecule has 16 heteroatoms. The number of ether oxygens (including phenoxy) is 3. The molecule has 45 heavy (non-hydrogen) atoms. The number of esters is 1. The summed E-state index contributed by atoms with van der Waals surface area (Å²) in [5.74, 6) is -0.967. The minimum Gasteiger partial charge on any atom is -0.507 e. The van der Waals surface area contributed by atoms with Crippen LogP contribution in [0.4, 0.5) is 5.82 Å². The van der Waals surface area contributed by atoms with Gasteiger partial charge in [0.2, 0.25) is 11.8 Å². The topological polar surface area (TPSA) is 233 Å². The van der Waals surface area contributed by atoms with Gasteiger partial charge in [-0.25, -0.2) is 19.7 Å². The number of nitrogens with one attached hydrogen (secondary N) is 2. The van der Waals surface area contributed by atoms with Crippen LogP contribution in [0.25, 0.3) is 11.2 Å². The lowest BCUT2D eigenvalue weighted by atomic mass is 9.94. The van der Waals surface area contributed by atoms with Crippen molar-refractivity contribution in [1.82, 2.24) is 30.2 Å². The van der Waals surface area contributed by atoms with Crippen LogP contribution in [0.15, 0.2) is 24.3 Å². The van der Waals surface area contributed by atoms with Crippen LogP contribution in [0.5, 0.6) is 11.5 Å². The normalized spacial score (nSPS) is 21.1. The fourth-order valence-corrected chi connectivity index (χ4v) is 5.45. The molecule has 2 aliphatic heterocycles. The summed E-state index contributed by atoms with van der Waals surface area (Å²) < 4.78 is 17.8. The van der Waals surface area contributed by atoms with E-state index in [2.05, 4.69) is 25.6 Å². The number of imidazole rings is 1. The summed E-state index contributed by atoms with van der Waals surface area (Å²) >= 11 is 0. The zero-order valence-corrected chi connectivity index (χ0v) is 24.9. The molecule has 1 saturated heterocycles. The number of aromatic hydroxyl groups is 1. The number of carbonyl (C=O) groups excluding carboxylic acids is 3. The molecule has 0 spiro atoms. The predicted molar refractivity (Wildman–Crippen MR) is 157 cm³/mol. The third-order valence-corrected chi connectivity index (χ3v) is 7.99. The number of aliphatic hydroxyl groups is 2. The maximum Gasteiger partial charge on any atom is 0.342 e. The number of anilines is 1. The predicted octanol–water partition coefficient (Wildman–Crippen LogP) is -0.0777. The second kappa shape index (κ2) is 13.1. The first-order valence-electron chi connectivity index (χ1n) is 14.2. The number of aromatic nitrogens is 4. The van der Waals surface area contributed by atoms with Crippen LogP contribution in [0, 0.1) is 6.92 Å². The molecule has 5 rings (SSSR count). The summed E-state index contributed by atoms with van der Waals surface area (Å²) in [6.45, 7) is 3.31. The number of carbonyl (C=O) groups is 3. The molecule has 0 bridgehead atoms. The zero-order valence-electron chi connectivity index (χ0n) is 24.9. The Morgan fingerprint density at radius 1 is 1.18 bits per heavy atom. The number of nitrogens with two attached hydrogens (primary N) is 1. The van der Waals surface area contributed by atoms with E-state index in [9.17, 15) is 29.7 Å². The quantitative estimate of drug-likeness (QED) is 0.121. The minimum atomic E-state index is -1.33. The number of phenols is 1. The standard InChI is InChI=1S/C29H35N7O9/c1-13(4-6-15-22(39)20-16(10-44-29(20)42)14(2)25(15)43-3)5-7-18(37)32-9-19(38)31-8-17-23(40)24(41)28(45-17)36-12-35-21-26(30)33-11-34-27(21)36/h4,11-12,17,23-24,28,39-41H,5-10H2,1-3H3,(H,31,38)(H,32,37)(H2,30,33,34)/b13-4+/t17-,23-,24-,28-/m1/s1. The number of rotatable bonds is 11. The van der Waals surface area contributed by atoms with Gasteiger partial charge in [-0.05, 0) is 32.3 Å². The van der Waals surface area contributed by atoms with E-state index in [1.807, 2.05) is 13.0 Å². The van der Waals surface area contributed by atoms with Gasteiger partial charge in [-0.1, -0.05) is 11.6 Å². The number of methoxy groups -OCH3 is 1. The number of hydrogen-bond donors (Lipinski definition) is 6. The van der Waals surface area contributed by atoms with E-state index in [4.69, 9.17) is 19.9 Å². The first kappa shape index (κ1) is 31.6. The van der Waals surface area contributed by atoms with Gasteiger partial charge in [0, 0.05) is 24.1 Å². The van der Waals surface area contributed by atoms with Crippen molar-refractivity contribution in [1.29, 1.82) is 0 Å². The van der Waals surface area contributed by atoms with Crippen LogP contribution >= 0.6 is 0 Å². The minimum absolute atomic E-state index is 0.0858. The van der Waals surface area contributed by atoms with Crippen molar-refractivity contribution < 1.29 is 43.9 Å². The number of aliphatic hydroxyl groups excluding tert-OH is 2. The number of hydrogen-bond acceptors (Lipinski definition) is 13. The van der Waals surface area contributed by atoms with E-state index in [1.54, 1.807) is 6.92 Å². The van der Waals surface area contributed by atoms with Gasteiger partial charge < -0.3 is 45.9 Å². The zero-order chi connectivity index (χ0) is 32.4. The molecule has 240 valence electrons. The van der Waals surface area contributed by atoms with Gasteiger partial charge in [0.1, 0.15) is 53.8 Å². The van der Waals surface area contributed by atoms with Gasteiger partial charge >= 0.3 is 5.97 Å². The first-order valence-corrected chi connectivity index (χ1v) is 14.2. The van der Waals surface area contributed by atoms with Gasteiger partial charge in [-0.15, -0.1) is 0 Å².